The third-order valence-corrected chi connectivity index (χ3v) is 6.46. The van der Waals surface area contributed by atoms with Gasteiger partial charge < -0.3 is 9.47 Å². The standard InChI is InChI=1S/C14H24N4O3S/c1-9(2)17-7-13(15-8-17)22(20,21)18-11(4)10(3)16(6)14(19)12(18)5/h7-12H,1-6H3. The number of hydrogen-bond acceptors (Lipinski definition) is 4. The first-order chi connectivity index (χ1) is 10.1. The van der Waals surface area contributed by atoms with Gasteiger partial charge >= 0.3 is 0 Å². The molecule has 1 fully saturated rings. The minimum atomic E-state index is -3.81. The molecule has 1 amide bonds. The number of amides is 1. The molecule has 3 unspecified atom stereocenters. The number of nitrogens with zero attached hydrogens (tertiary/aromatic N) is 4. The average Bonchev–Trinajstić information content (AvgIpc) is 2.93. The molecule has 0 aliphatic carbocycles. The van der Waals surface area contributed by atoms with Gasteiger partial charge in [-0.25, -0.2) is 13.4 Å². The van der Waals surface area contributed by atoms with Crippen molar-refractivity contribution in [2.75, 3.05) is 7.05 Å². The summed E-state index contributed by atoms with van der Waals surface area (Å²) in [4.78, 5) is 17.9. The van der Waals surface area contributed by atoms with E-state index in [1.807, 2.05) is 27.7 Å². The lowest BCUT2D eigenvalue weighted by Gasteiger charge is -2.45. The molecule has 124 valence electrons. The minimum absolute atomic E-state index is 0.00977. The van der Waals surface area contributed by atoms with Crippen LogP contribution in [0.1, 0.15) is 40.7 Å². The van der Waals surface area contributed by atoms with Gasteiger partial charge in [0.05, 0.1) is 6.33 Å². The first-order valence-electron chi connectivity index (χ1n) is 7.42. The van der Waals surface area contributed by atoms with Crippen molar-refractivity contribution in [3.05, 3.63) is 12.5 Å². The number of carbonyl (C=O) groups excluding carboxylic acids is 1. The summed E-state index contributed by atoms with van der Waals surface area (Å²) >= 11 is 0. The van der Waals surface area contributed by atoms with Crippen LogP contribution in [0.4, 0.5) is 0 Å². The molecule has 3 atom stereocenters. The molecular formula is C14H24N4O3S. The van der Waals surface area contributed by atoms with E-state index in [0.717, 1.165) is 0 Å². The lowest BCUT2D eigenvalue weighted by molar-refractivity contribution is -0.141. The van der Waals surface area contributed by atoms with Crippen molar-refractivity contribution >= 4 is 15.9 Å². The van der Waals surface area contributed by atoms with Crippen molar-refractivity contribution < 1.29 is 13.2 Å². The van der Waals surface area contributed by atoms with Crippen molar-refractivity contribution in [1.29, 1.82) is 0 Å². The maximum Gasteiger partial charge on any atom is 0.263 e. The van der Waals surface area contributed by atoms with Crippen LogP contribution in [0, 0.1) is 0 Å². The van der Waals surface area contributed by atoms with Crippen LogP contribution in [-0.2, 0) is 14.8 Å². The third kappa shape index (κ3) is 2.54. The number of imidazole rings is 1. The molecule has 2 heterocycles. The number of rotatable bonds is 3. The number of piperazine rings is 1. The van der Waals surface area contributed by atoms with Gasteiger partial charge in [-0.15, -0.1) is 0 Å². The second kappa shape index (κ2) is 5.66. The predicted molar refractivity (Wildman–Crippen MR) is 82.8 cm³/mol. The summed E-state index contributed by atoms with van der Waals surface area (Å²) in [6, 6.07) is -1.11. The normalized spacial score (nSPS) is 27.7. The summed E-state index contributed by atoms with van der Waals surface area (Å²) in [6.07, 6.45) is 3.03. The fraction of sp³-hybridized carbons (Fsp3) is 0.714. The van der Waals surface area contributed by atoms with Crippen molar-refractivity contribution in [1.82, 2.24) is 18.8 Å². The third-order valence-electron chi connectivity index (χ3n) is 4.51. The first-order valence-corrected chi connectivity index (χ1v) is 8.86. The Morgan fingerprint density at radius 1 is 1.18 bits per heavy atom. The summed E-state index contributed by atoms with van der Waals surface area (Å²) in [5, 5.41) is -0.00977. The molecule has 1 aliphatic rings. The maximum atomic E-state index is 12.9. The average molecular weight is 328 g/mol. The van der Waals surface area contributed by atoms with Crippen LogP contribution in [-0.4, -0.2) is 58.3 Å². The number of sulfonamides is 1. The maximum absolute atomic E-state index is 12.9. The molecular weight excluding hydrogens is 304 g/mol. The zero-order valence-electron chi connectivity index (χ0n) is 13.9. The Morgan fingerprint density at radius 3 is 2.27 bits per heavy atom. The monoisotopic (exact) mass is 328 g/mol. The van der Waals surface area contributed by atoms with Crippen molar-refractivity contribution in [3.8, 4) is 0 Å². The van der Waals surface area contributed by atoms with Crippen molar-refractivity contribution in [2.45, 2.75) is 63.8 Å². The number of hydrogen-bond donors (Lipinski definition) is 0. The van der Waals surface area contributed by atoms with Gasteiger partial charge in [-0.05, 0) is 34.6 Å². The Balaban J connectivity index is 2.44. The van der Waals surface area contributed by atoms with Gasteiger partial charge in [-0.1, -0.05) is 0 Å². The van der Waals surface area contributed by atoms with E-state index < -0.39 is 16.1 Å². The Bertz CT molecular complexity index is 667. The first kappa shape index (κ1) is 17.0. The van der Waals surface area contributed by atoms with Crippen LogP contribution in [0.15, 0.2) is 17.6 Å². The molecule has 8 heteroatoms. The van der Waals surface area contributed by atoms with E-state index in [4.69, 9.17) is 0 Å². The second-order valence-electron chi connectivity index (χ2n) is 6.19. The largest absolute Gasteiger partial charge is 0.340 e. The molecule has 22 heavy (non-hydrogen) atoms. The van der Waals surface area contributed by atoms with Crippen LogP contribution < -0.4 is 0 Å². The van der Waals surface area contributed by atoms with E-state index in [2.05, 4.69) is 4.98 Å². The predicted octanol–water partition coefficient (Wildman–Crippen LogP) is 1.09. The number of likely N-dealkylation sites (N-methyl/N-ethyl adjacent to an activating group) is 1. The number of carbonyl (C=O) groups is 1. The van der Waals surface area contributed by atoms with Gasteiger partial charge in [0.25, 0.3) is 10.0 Å². The van der Waals surface area contributed by atoms with Gasteiger partial charge in [0, 0.05) is 31.4 Å². The van der Waals surface area contributed by atoms with Gasteiger partial charge in [-0.3, -0.25) is 4.79 Å². The van der Waals surface area contributed by atoms with Crippen molar-refractivity contribution in [3.63, 3.8) is 0 Å². The second-order valence-corrected chi connectivity index (χ2v) is 7.98. The zero-order chi connectivity index (χ0) is 16.8. The van der Waals surface area contributed by atoms with Gasteiger partial charge in [0.1, 0.15) is 6.04 Å². The molecule has 0 bridgehead atoms. The summed E-state index contributed by atoms with van der Waals surface area (Å²) < 4.78 is 28.9. The molecule has 0 spiro atoms. The van der Waals surface area contributed by atoms with Gasteiger partial charge in [0.15, 0.2) is 5.03 Å². The van der Waals surface area contributed by atoms with Gasteiger partial charge in [0.2, 0.25) is 5.91 Å². The Hall–Kier alpha value is -1.41. The quantitative estimate of drug-likeness (QED) is 0.832. The molecule has 1 saturated heterocycles. The highest BCUT2D eigenvalue weighted by Crippen LogP contribution is 2.28. The summed E-state index contributed by atoms with van der Waals surface area (Å²) in [7, 11) is -2.10. The summed E-state index contributed by atoms with van der Waals surface area (Å²) in [5.74, 6) is -0.197. The highest BCUT2D eigenvalue weighted by Gasteiger charge is 2.46. The van der Waals surface area contributed by atoms with Crippen LogP contribution >= 0.6 is 0 Å². The fourth-order valence-corrected chi connectivity index (χ4v) is 4.53. The molecule has 7 nitrogen and oxygen atoms in total. The molecule has 1 aliphatic heterocycles. The lowest BCUT2D eigenvalue weighted by atomic mass is 10.0. The highest BCUT2D eigenvalue weighted by molar-refractivity contribution is 7.89. The van der Waals surface area contributed by atoms with Crippen LogP contribution in [0.25, 0.3) is 0 Å². The van der Waals surface area contributed by atoms with E-state index in [0.29, 0.717) is 0 Å². The molecule has 0 aromatic carbocycles. The van der Waals surface area contributed by atoms with Crippen LogP contribution in [0.5, 0.6) is 0 Å². The van der Waals surface area contributed by atoms with E-state index >= 15 is 0 Å². The van der Waals surface area contributed by atoms with E-state index in [1.54, 1.807) is 23.4 Å². The summed E-state index contributed by atoms with van der Waals surface area (Å²) in [5.41, 5.74) is 0. The van der Waals surface area contributed by atoms with Gasteiger partial charge in [-0.2, -0.15) is 4.31 Å². The number of aromatic nitrogens is 2. The highest BCUT2D eigenvalue weighted by atomic mass is 32.2. The lowest BCUT2D eigenvalue weighted by Crippen LogP contribution is -2.64. The fourth-order valence-electron chi connectivity index (χ4n) is 2.76. The minimum Gasteiger partial charge on any atom is -0.340 e. The zero-order valence-corrected chi connectivity index (χ0v) is 14.7. The molecule has 1 aromatic heterocycles. The Labute approximate surface area is 132 Å². The molecule has 2 rings (SSSR count). The van der Waals surface area contributed by atoms with Crippen LogP contribution in [0.3, 0.4) is 0 Å². The molecule has 1 aromatic rings. The Kier molecular flexibility index (Phi) is 4.36. The molecule has 0 N–H and O–H groups in total. The molecule has 0 radical (unpaired) electrons. The topological polar surface area (TPSA) is 75.5 Å². The van der Waals surface area contributed by atoms with E-state index in [-0.39, 0.29) is 29.1 Å². The summed E-state index contributed by atoms with van der Waals surface area (Å²) in [6.45, 7) is 9.19. The van der Waals surface area contributed by atoms with Crippen LogP contribution in [0.2, 0.25) is 0 Å². The SMILES string of the molecule is CC1C(C)N(S(=O)(=O)c2cn(C(C)C)cn2)C(C)C(=O)N1C. The Morgan fingerprint density at radius 2 is 1.77 bits per heavy atom. The van der Waals surface area contributed by atoms with E-state index in [9.17, 15) is 13.2 Å². The molecule has 0 saturated carbocycles. The van der Waals surface area contributed by atoms with E-state index in [1.165, 1.54) is 16.8 Å². The van der Waals surface area contributed by atoms with Crippen molar-refractivity contribution in [2.24, 2.45) is 0 Å². The smallest absolute Gasteiger partial charge is 0.263 e.